The number of nitrogens with one attached hydrogen (secondary N) is 1. The first kappa shape index (κ1) is 16.0. The van der Waals surface area contributed by atoms with Crippen molar-refractivity contribution in [1.29, 1.82) is 0 Å². The zero-order chi connectivity index (χ0) is 15.9. The molecule has 1 aromatic carbocycles. The summed E-state index contributed by atoms with van der Waals surface area (Å²) in [5.74, 6) is -1.35. The molecule has 0 aromatic heterocycles. The van der Waals surface area contributed by atoms with Gasteiger partial charge in [-0.15, -0.1) is 0 Å². The summed E-state index contributed by atoms with van der Waals surface area (Å²) in [4.78, 5) is 35.2. The number of esters is 2. The molecule has 1 amide bonds. The minimum atomic E-state index is -0.819. The van der Waals surface area contributed by atoms with Crippen molar-refractivity contribution >= 4 is 17.8 Å². The Kier molecular flexibility index (Phi) is 5.52. The van der Waals surface area contributed by atoms with Crippen LogP contribution in [0.25, 0.3) is 0 Å². The summed E-state index contributed by atoms with van der Waals surface area (Å²) in [5.41, 5.74) is 0.907. The van der Waals surface area contributed by atoms with Crippen LogP contribution >= 0.6 is 0 Å². The third-order valence-corrected chi connectivity index (χ3v) is 3.35. The molecule has 1 fully saturated rings. The molecule has 118 valence electrons. The summed E-state index contributed by atoms with van der Waals surface area (Å²) in [5, 5.41) is 2.62. The molecule has 22 heavy (non-hydrogen) atoms. The molecular weight excluding hydrogens is 286 g/mol. The Hall–Kier alpha value is -2.37. The standard InChI is InChI=1S/C16H19NO5/c1-2-21-16(20)12(10-11-6-4-3-5-7-11)17-15(19)13-8-9-14(18)22-13/h3-7,12-13H,2,8-10H2,1H3,(H,17,19)/t12-,13-/m1/s1. The summed E-state index contributed by atoms with van der Waals surface area (Å²) in [7, 11) is 0. The molecule has 1 aliphatic heterocycles. The molecule has 6 nitrogen and oxygen atoms in total. The maximum absolute atomic E-state index is 12.1. The van der Waals surface area contributed by atoms with E-state index in [1.165, 1.54) is 0 Å². The van der Waals surface area contributed by atoms with Crippen LogP contribution in [-0.4, -0.2) is 36.6 Å². The van der Waals surface area contributed by atoms with Crippen LogP contribution in [0.4, 0.5) is 0 Å². The fraction of sp³-hybridized carbons (Fsp3) is 0.438. The van der Waals surface area contributed by atoms with Gasteiger partial charge in [0.25, 0.3) is 5.91 Å². The molecule has 1 heterocycles. The quantitative estimate of drug-likeness (QED) is 0.792. The van der Waals surface area contributed by atoms with Gasteiger partial charge < -0.3 is 14.8 Å². The number of benzene rings is 1. The lowest BCUT2D eigenvalue weighted by Gasteiger charge is -2.19. The van der Waals surface area contributed by atoms with Crippen LogP contribution < -0.4 is 5.32 Å². The largest absolute Gasteiger partial charge is 0.464 e. The van der Waals surface area contributed by atoms with Crippen LogP contribution in [0, 0.1) is 0 Å². The molecule has 2 rings (SSSR count). The molecule has 0 saturated carbocycles. The number of carbonyl (C=O) groups is 3. The van der Waals surface area contributed by atoms with Crippen LogP contribution in [0.3, 0.4) is 0 Å². The number of rotatable bonds is 6. The van der Waals surface area contributed by atoms with Gasteiger partial charge in [0.15, 0.2) is 6.10 Å². The zero-order valence-corrected chi connectivity index (χ0v) is 12.4. The minimum Gasteiger partial charge on any atom is -0.464 e. The zero-order valence-electron chi connectivity index (χ0n) is 12.4. The average Bonchev–Trinajstić information content (AvgIpc) is 2.94. The Labute approximate surface area is 128 Å². The smallest absolute Gasteiger partial charge is 0.328 e. The number of hydrogen-bond acceptors (Lipinski definition) is 5. The van der Waals surface area contributed by atoms with E-state index in [1.807, 2.05) is 30.3 Å². The maximum atomic E-state index is 12.1. The molecule has 2 atom stereocenters. The van der Waals surface area contributed by atoms with Gasteiger partial charge in [-0.2, -0.15) is 0 Å². The van der Waals surface area contributed by atoms with E-state index in [0.717, 1.165) is 5.56 Å². The van der Waals surface area contributed by atoms with Gasteiger partial charge in [-0.3, -0.25) is 9.59 Å². The van der Waals surface area contributed by atoms with Crippen molar-refractivity contribution in [1.82, 2.24) is 5.32 Å². The van der Waals surface area contributed by atoms with Gasteiger partial charge in [-0.1, -0.05) is 30.3 Å². The second kappa shape index (κ2) is 7.59. The molecule has 0 unspecified atom stereocenters. The molecule has 0 spiro atoms. The fourth-order valence-corrected chi connectivity index (χ4v) is 2.26. The van der Waals surface area contributed by atoms with Gasteiger partial charge in [0.2, 0.25) is 0 Å². The third-order valence-electron chi connectivity index (χ3n) is 3.35. The first-order chi connectivity index (χ1) is 10.6. The maximum Gasteiger partial charge on any atom is 0.328 e. The SMILES string of the molecule is CCOC(=O)[C@@H](Cc1ccccc1)NC(=O)[C@H]1CCC(=O)O1. The molecule has 1 N–H and O–H groups in total. The van der Waals surface area contributed by atoms with Gasteiger partial charge >= 0.3 is 11.9 Å². The highest BCUT2D eigenvalue weighted by Gasteiger charge is 2.32. The Balaban J connectivity index is 2.02. The van der Waals surface area contributed by atoms with Crippen molar-refractivity contribution in [2.24, 2.45) is 0 Å². The summed E-state index contributed by atoms with van der Waals surface area (Å²) in [6, 6.07) is 8.53. The van der Waals surface area contributed by atoms with Gasteiger partial charge in [0, 0.05) is 19.3 Å². The van der Waals surface area contributed by atoms with E-state index in [-0.39, 0.29) is 13.0 Å². The summed E-state index contributed by atoms with van der Waals surface area (Å²) in [6.45, 7) is 1.94. The molecular formula is C16H19NO5. The number of cyclic esters (lactones) is 1. The molecule has 0 radical (unpaired) electrons. The van der Waals surface area contributed by atoms with Crippen molar-refractivity contribution in [2.75, 3.05) is 6.61 Å². The molecule has 1 saturated heterocycles. The van der Waals surface area contributed by atoms with Crippen LogP contribution in [-0.2, 0) is 30.3 Å². The Morgan fingerprint density at radius 1 is 1.36 bits per heavy atom. The third kappa shape index (κ3) is 4.31. The predicted octanol–water partition coefficient (Wildman–Crippen LogP) is 0.983. The number of hydrogen-bond donors (Lipinski definition) is 1. The lowest BCUT2D eigenvalue weighted by atomic mass is 10.1. The van der Waals surface area contributed by atoms with Crippen LogP contribution in [0.5, 0.6) is 0 Å². The Morgan fingerprint density at radius 3 is 2.68 bits per heavy atom. The van der Waals surface area contributed by atoms with E-state index in [1.54, 1.807) is 6.92 Å². The van der Waals surface area contributed by atoms with Gasteiger partial charge in [0.05, 0.1) is 6.61 Å². The van der Waals surface area contributed by atoms with E-state index in [2.05, 4.69) is 5.32 Å². The van der Waals surface area contributed by atoms with Crippen LogP contribution in [0.2, 0.25) is 0 Å². The monoisotopic (exact) mass is 305 g/mol. The lowest BCUT2D eigenvalue weighted by molar-refractivity contribution is -0.151. The van der Waals surface area contributed by atoms with E-state index >= 15 is 0 Å². The van der Waals surface area contributed by atoms with Crippen LogP contribution in [0.1, 0.15) is 25.3 Å². The van der Waals surface area contributed by atoms with E-state index in [9.17, 15) is 14.4 Å². The van der Waals surface area contributed by atoms with Gasteiger partial charge in [-0.05, 0) is 12.5 Å². The van der Waals surface area contributed by atoms with Crippen LogP contribution in [0.15, 0.2) is 30.3 Å². The van der Waals surface area contributed by atoms with Gasteiger partial charge in [-0.25, -0.2) is 4.79 Å². The first-order valence-corrected chi connectivity index (χ1v) is 7.30. The fourth-order valence-electron chi connectivity index (χ4n) is 2.26. The van der Waals surface area contributed by atoms with E-state index in [0.29, 0.717) is 12.8 Å². The van der Waals surface area contributed by atoms with Gasteiger partial charge in [0.1, 0.15) is 6.04 Å². The topological polar surface area (TPSA) is 81.7 Å². The molecule has 1 aromatic rings. The summed E-state index contributed by atoms with van der Waals surface area (Å²) >= 11 is 0. The molecule has 6 heteroatoms. The van der Waals surface area contributed by atoms with Crippen molar-refractivity contribution in [3.05, 3.63) is 35.9 Å². The lowest BCUT2D eigenvalue weighted by Crippen LogP contribution is -2.47. The molecule has 0 bridgehead atoms. The Morgan fingerprint density at radius 2 is 2.09 bits per heavy atom. The average molecular weight is 305 g/mol. The van der Waals surface area contributed by atoms with Crippen molar-refractivity contribution in [3.8, 4) is 0 Å². The number of carbonyl (C=O) groups excluding carboxylic acids is 3. The van der Waals surface area contributed by atoms with E-state index in [4.69, 9.17) is 9.47 Å². The highest BCUT2D eigenvalue weighted by atomic mass is 16.6. The normalized spacial score (nSPS) is 18.4. The highest BCUT2D eigenvalue weighted by molar-refractivity contribution is 5.90. The predicted molar refractivity (Wildman–Crippen MR) is 77.8 cm³/mol. The summed E-state index contributed by atoms with van der Waals surface area (Å²) in [6.07, 6.45) is 0.0681. The second-order valence-electron chi connectivity index (χ2n) is 5.02. The number of amides is 1. The number of ether oxygens (including phenoxy) is 2. The summed E-state index contributed by atoms with van der Waals surface area (Å²) < 4.78 is 9.91. The van der Waals surface area contributed by atoms with Crippen molar-refractivity contribution in [2.45, 2.75) is 38.3 Å². The van der Waals surface area contributed by atoms with E-state index < -0.39 is 30.0 Å². The first-order valence-electron chi connectivity index (χ1n) is 7.30. The minimum absolute atomic E-state index is 0.223. The highest BCUT2D eigenvalue weighted by Crippen LogP contribution is 2.14. The Bertz CT molecular complexity index is 543. The van der Waals surface area contributed by atoms with Crippen molar-refractivity contribution < 1.29 is 23.9 Å². The second-order valence-corrected chi connectivity index (χ2v) is 5.02. The molecule has 0 aliphatic carbocycles. The van der Waals surface area contributed by atoms with Crippen molar-refractivity contribution in [3.63, 3.8) is 0 Å². The molecule has 1 aliphatic rings.